The van der Waals surface area contributed by atoms with Crippen LogP contribution in [0.25, 0.3) is 0 Å². The highest BCUT2D eigenvalue weighted by Crippen LogP contribution is 2.17. The molecule has 1 unspecified atom stereocenters. The third-order valence-corrected chi connectivity index (χ3v) is 3.84. The fraction of sp³-hybridized carbons (Fsp3) is 0.571. The molecular weight excluding hydrogens is 262 g/mol. The smallest absolute Gasteiger partial charge is 0.254 e. The number of hydrogen-bond acceptors (Lipinski definition) is 3. The summed E-state index contributed by atoms with van der Waals surface area (Å²) in [5, 5.41) is 3.52. The maximum Gasteiger partial charge on any atom is 0.254 e. The van der Waals surface area contributed by atoms with E-state index in [2.05, 4.69) is 22.1 Å². The molecule has 19 heavy (non-hydrogen) atoms. The maximum atomic E-state index is 12.2. The van der Waals surface area contributed by atoms with E-state index in [9.17, 15) is 4.79 Å². The molecule has 1 fully saturated rings. The lowest BCUT2D eigenvalue weighted by Crippen LogP contribution is -2.47. The first-order valence-corrected chi connectivity index (χ1v) is 7.13. The van der Waals surface area contributed by atoms with Crippen molar-refractivity contribution in [2.24, 2.45) is 0 Å². The topological polar surface area (TPSA) is 45.2 Å². The van der Waals surface area contributed by atoms with Crippen molar-refractivity contribution >= 4 is 17.5 Å². The molecule has 1 aromatic heterocycles. The summed E-state index contributed by atoms with van der Waals surface area (Å²) in [7, 11) is 0. The van der Waals surface area contributed by atoms with Gasteiger partial charge in [-0.25, -0.2) is 0 Å². The minimum atomic E-state index is -0.125. The summed E-state index contributed by atoms with van der Waals surface area (Å²) >= 11 is 6.09. The zero-order chi connectivity index (χ0) is 13.8. The molecular formula is C14H20ClN3O. The molecule has 0 aliphatic carbocycles. The third-order valence-electron chi connectivity index (χ3n) is 3.52. The van der Waals surface area contributed by atoms with Crippen molar-refractivity contribution in [1.82, 2.24) is 15.2 Å². The largest absolute Gasteiger partial charge is 0.348 e. The zero-order valence-electron chi connectivity index (χ0n) is 11.4. The molecule has 2 heterocycles. The monoisotopic (exact) mass is 281 g/mol. The van der Waals surface area contributed by atoms with E-state index >= 15 is 0 Å². The van der Waals surface area contributed by atoms with Gasteiger partial charge in [0.15, 0.2) is 0 Å². The van der Waals surface area contributed by atoms with Gasteiger partial charge < -0.3 is 10.2 Å². The van der Waals surface area contributed by atoms with E-state index in [1.165, 1.54) is 0 Å². The molecule has 1 aliphatic heterocycles. The van der Waals surface area contributed by atoms with Crippen molar-refractivity contribution in [3.63, 3.8) is 0 Å². The van der Waals surface area contributed by atoms with Crippen LogP contribution in [0.5, 0.6) is 0 Å². The van der Waals surface area contributed by atoms with Crippen LogP contribution in [0.2, 0.25) is 5.02 Å². The van der Waals surface area contributed by atoms with E-state index in [1.54, 1.807) is 12.3 Å². The summed E-state index contributed by atoms with van der Waals surface area (Å²) in [6.45, 7) is 7.06. The molecule has 1 aromatic rings. The predicted molar refractivity (Wildman–Crippen MR) is 76.6 cm³/mol. The first-order chi connectivity index (χ1) is 9.10. The average molecular weight is 282 g/mol. The molecule has 0 aromatic carbocycles. The van der Waals surface area contributed by atoms with Gasteiger partial charge in [0.05, 0.1) is 10.6 Å². The molecule has 1 amide bonds. The molecule has 1 saturated heterocycles. The normalized spacial score (nSPS) is 20.3. The van der Waals surface area contributed by atoms with Crippen molar-refractivity contribution in [2.45, 2.75) is 32.7 Å². The highest BCUT2D eigenvalue weighted by Gasteiger charge is 2.21. The van der Waals surface area contributed by atoms with E-state index in [0.717, 1.165) is 38.2 Å². The van der Waals surface area contributed by atoms with Crippen LogP contribution >= 0.6 is 11.6 Å². The highest BCUT2D eigenvalue weighted by molar-refractivity contribution is 6.33. The molecule has 104 valence electrons. The zero-order valence-corrected chi connectivity index (χ0v) is 12.2. The van der Waals surface area contributed by atoms with Gasteiger partial charge in [0.1, 0.15) is 0 Å². The molecule has 0 saturated carbocycles. The van der Waals surface area contributed by atoms with Crippen LogP contribution < -0.4 is 5.32 Å². The Kier molecular flexibility index (Phi) is 4.77. The van der Waals surface area contributed by atoms with Gasteiger partial charge in [0, 0.05) is 24.5 Å². The fourth-order valence-corrected chi connectivity index (χ4v) is 2.71. The van der Waals surface area contributed by atoms with Crippen LogP contribution in [0, 0.1) is 6.92 Å². The minimum absolute atomic E-state index is 0.125. The van der Waals surface area contributed by atoms with Crippen molar-refractivity contribution in [3.05, 3.63) is 28.5 Å². The molecule has 4 nitrogen and oxygen atoms in total. The molecule has 1 aliphatic rings. The Balaban J connectivity index is 2.00. The Morgan fingerprint density at radius 2 is 2.42 bits per heavy atom. The second kappa shape index (κ2) is 6.35. The lowest BCUT2D eigenvalue weighted by Gasteiger charge is -2.32. The van der Waals surface area contributed by atoms with Crippen LogP contribution in [-0.4, -0.2) is 41.5 Å². The molecule has 1 atom stereocenters. The molecule has 1 N–H and O–H groups in total. The standard InChI is InChI=1S/C14H20ClN3O/c1-3-18-6-4-5-11(9-18)17-14(19)12-8-16-10(2)7-13(12)15/h7-8,11H,3-6,9H2,1-2H3,(H,17,19). The van der Waals surface area contributed by atoms with Crippen molar-refractivity contribution in [1.29, 1.82) is 0 Å². The lowest BCUT2D eigenvalue weighted by atomic mass is 10.1. The minimum Gasteiger partial charge on any atom is -0.348 e. The first kappa shape index (κ1) is 14.3. The Bertz CT molecular complexity index is 464. The number of carbonyl (C=O) groups excluding carboxylic acids is 1. The number of nitrogens with zero attached hydrogens (tertiary/aromatic N) is 2. The Hall–Kier alpha value is -1.13. The molecule has 0 radical (unpaired) electrons. The van der Waals surface area contributed by atoms with Crippen molar-refractivity contribution in [2.75, 3.05) is 19.6 Å². The second-order valence-corrected chi connectivity index (χ2v) is 5.42. The Morgan fingerprint density at radius 3 is 3.11 bits per heavy atom. The van der Waals surface area contributed by atoms with E-state index in [0.29, 0.717) is 10.6 Å². The second-order valence-electron chi connectivity index (χ2n) is 5.01. The quantitative estimate of drug-likeness (QED) is 0.924. The van der Waals surface area contributed by atoms with Gasteiger partial charge in [0.25, 0.3) is 5.91 Å². The van der Waals surface area contributed by atoms with Crippen LogP contribution in [0.4, 0.5) is 0 Å². The maximum absolute atomic E-state index is 12.2. The van der Waals surface area contributed by atoms with Crippen LogP contribution in [-0.2, 0) is 0 Å². The number of amides is 1. The predicted octanol–water partition coefficient (Wildman–Crippen LogP) is 2.26. The van der Waals surface area contributed by atoms with Gasteiger partial charge >= 0.3 is 0 Å². The summed E-state index contributed by atoms with van der Waals surface area (Å²) in [6.07, 6.45) is 3.70. The number of pyridine rings is 1. The van der Waals surface area contributed by atoms with Crippen molar-refractivity contribution < 1.29 is 4.79 Å². The SMILES string of the molecule is CCN1CCCC(NC(=O)c2cnc(C)cc2Cl)C1. The van der Waals surface area contributed by atoms with Gasteiger partial charge in [0.2, 0.25) is 0 Å². The van der Waals surface area contributed by atoms with Gasteiger partial charge in [-0.05, 0) is 38.9 Å². The number of carbonyl (C=O) groups is 1. The lowest BCUT2D eigenvalue weighted by molar-refractivity contribution is 0.0905. The Morgan fingerprint density at radius 1 is 1.63 bits per heavy atom. The number of hydrogen-bond donors (Lipinski definition) is 1. The van der Waals surface area contributed by atoms with Crippen molar-refractivity contribution in [3.8, 4) is 0 Å². The van der Waals surface area contributed by atoms with E-state index in [4.69, 9.17) is 11.6 Å². The number of nitrogens with one attached hydrogen (secondary N) is 1. The van der Waals surface area contributed by atoms with Crippen LogP contribution in [0.15, 0.2) is 12.3 Å². The van der Waals surface area contributed by atoms with Gasteiger partial charge in [-0.1, -0.05) is 18.5 Å². The fourth-order valence-electron chi connectivity index (χ4n) is 2.42. The summed E-state index contributed by atoms with van der Waals surface area (Å²) < 4.78 is 0. The van der Waals surface area contributed by atoms with E-state index < -0.39 is 0 Å². The summed E-state index contributed by atoms with van der Waals surface area (Å²) in [4.78, 5) is 18.7. The molecule has 2 rings (SSSR count). The van der Waals surface area contributed by atoms with Gasteiger partial charge in [-0.2, -0.15) is 0 Å². The van der Waals surface area contributed by atoms with Crippen LogP contribution in [0.3, 0.4) is 0 Å². The number of likely N-dealkylation sites (N-methyl/N-ethyl adjacent to an activating group) is 1. The van der Waals surface area contributed by atoms with Gasteiger partial charge in [-0.3, -0.25) is 9.78 Å². The Labute approximate surface area is 119 Å². The number of piperidine rings is 1. The molecule has 0 bridgehead atoms. The third kappa shape index (κ3) is 3.67. The van der Waals surface area contributed by atoms with E-state index in [-0.39, 0.29) is 11.9 Å². The molecule has 0 spiro atoms. The number of likely N-dealkylation sites (tertiary alicyclic amines) is 1. The molecule has 5 heteroatoms. The summed E-state index contributed by atoms with van der Waals surface area (Å²) in [6, 6.07) is 1.92. The van der Waals surface area contributed by atoms with Gasteiger partial charge in [-0.15, -0.1) is 0 Å². The van der Waals surface area contributed by atoms with E-state index in [1.807, 2.05) is 6.92 Å². The number of aromatic nitrogens is 1. The number of aryl methyl sites for hydroxylation is 1. The summed E-state index contributed by atoms with van der Waals surface area (Å²) in [5.74, 6) is -0.125. The average Bonchev–Trinajstić information content (AvgIpc) is 2.38. The number of rotatable bonds is 3. The highest BCUT2D eigenvalue weighted by atomic mass is 35.5. The van der Waals surface area contributed by atoms with Crippen LogP contribution in [0.1, 0.15) is 35.8 Å². The summed E-state index contributed by atoms with van der Waals surface area (Å²) in [5.41, 5.74) is 1.28. The first-order valence-electron chi connectivity index (χ1n) is 6.75. The number of halogens is 1.